The highest BCUT2D eigenvalue weighted by atomic mass is 14.8. The Morgan fingerprint density at radius 2 is 1.61 bits per heavy atom. The lowest BCUT2D eigenvalue weighted by molar-refractivity contribution is 0.662. The molecule has 0 radical (unpaired) electrons. The predicted molar refractivity (Wildman–Crippen MR) is 80.9 cm³/mol. The standard InChI is InChI=1S/C10H13N.C6H15N/c11-10-6-5-8-3-1-2-4-9(8)7-10;1-3-5-7-6-4-2/h5-7H,1-4,11H2;7H,3-6H2,1-2H3. The number of rotatable bonds is 4. The van der Waals surface area contributed by atoms with E-state index in [1.165, 1.54) is 62.7 Å². The van der Waals surface area contributed by atoms with Gasteiger partial charge in [-0.25, -0.2) is 0 Å². The zero-order valence-electron chi connectivity index (χ0n) is 12.0. The number of nitrogen functional groups attached to an aromatic ring is 1. The predicted octanol–water partition coefficient (Wildman–Crippen LogP) is 3.54. The molecule has 0 spiro atoms. The minimum Gasteiger partial charge on any atom is -0.399 e. The van der Waals surface area contributed by atoms with Gasteiger partial charge in [-0.3, -0.25) is 0 Å². The highest BCUT2D eigenvalue weighted by Gasteiger charge is 2.07. The summed E-state index contributed by atoms with van der Waals surface area (Å²) in [4.78, 5) is 0. The first kappa shape index (κ1) is 15.0. The third-order valence-corrected chi connectivity index (χ3v) is 3.23. The second-order valence-electron chi connectivity index (χ2n) is 4.99. The molecule has 1 aromatic rings. The van der Waals surface area contributed by atoms with E-state index in [0.29, 0.717) is 0 Å². The van der Waals surface area contributed by atoms with Crippen LogP contribution in [-0.2, 0) is 12.8 Å². The summed E-state index contributed by atoms with van der Waals surface area (Å²) in [6.07, 6.45) is 7.64. The van der Waals surface area contributed by atoms with Crippen molar-refractivity contribution in [1.29, 1.82) is 0 Å². The highest BCUT2D eigenvalue weighted by molar-refractivity contribution is 5.45. The van der Waals surface area contributed by atoms with Crippen LogP contribution < -0.4 is 11.1 Å². The normalized spacial score (nSPS) is 13.4. The van der Waals surface area contributed by atoms with E-state index in [4.69, 9.17) is 5.73 Å². The number of hydrogen-bond donors (Lipinski definition) is 2. The molecule has 0 aromatic heterocycles. The Bertz CT molecular complexity index is 330. The van der Waals surface area contributed by atoms with Gasteiger partial charge >= 0.3 is 0 Å². The van der Waals surface area contributed by atoms with Crippen LogP contribution >= 0.6 is 0 Å². The molecule has 0 heterocycles. The van der Waals surface area contributed by atoms with Crippen LogP contribution in [0.5, 0.6) is 0 Å². The maximum absolute atomic E-state index is 5.68. The van der Waals surface area contributed by atoms with Crippen molar-refractivity contribution in [3.63, 3.8) is 0 Å². The van der Waals surface area contributed by atoms with Crippen LogP contribution in [0.3, 0.4) is 0 Å². The van der Waals surface area contributed by atoms with Gasteiger partial charge in [0.15, 0.2) is 0 Å². The summed E-state index contributed by atoms with van der Waals surface area (Å²) < 4.78 is 0. The molecule has 0 aliphatic heterocycles. The van der Waals surface area contributed by atoms with Crippen molar-refractivity contribution in [3.05, 3.63) is 29.3 Å². The summed E-state index contributed by atoms with van der Waals surface area (Å²) in [6, 6.07) is 6.29. The van der Waals surface area contributed by atoms with Gasteiger partial charge < -0.3 is 11.1 Å². The van der Waals surface area contributed by atoms with Crippen LogP contribution in [0.15, 0.2) is 18.2 Å². The average molecular weight is 248 g/mol. The summed E-state index contributed by atoms with van der Waals surface area (Å²) in [7, 11) is 0. The first-order chi connectivity index (χ1) is 8.77. The summed E-state index contributed by atoms with van der Waals surface area (Å²) >= 11 is 0. The van der Waals surface area contributed by atoms with Gasteiger partial charge in [-0.15, -0.1) is 0 Å². The molecule has 3 N–H and O–H groups in total. The maximum Gasteiger partial charge on any atom is 0.0316 e. The van der Waals surface area contributed by atoms with E-state index in [1.807, 2.05) is 6.07 Å². The van der Waals surface area contributed by atoms with Gasteiger partial charge in [-0.1, -0.05) is 19.9 Å². The van der Waals surface area contributed by atoms with E-state index in [0.717, 1.165) is 5.69 Å². The third-order valence-electron chi connectivity index (χ3n) is 3.23. The number of nitrogens with two attached hydrogens (primary N) is 1. The fourth-order valence-electron chi connectivity index (χ4n) is 2.23. The minimum atomic E-state index is 0.908. The lowest BCUT2D eigenvalue weighted by atomic mass is 9.91. The molecule has 2 rings (SSSR count). The maximum atomic E-state index is 5.68. The molecule has 2 nitrogen and oxygen atoms in total. The monoisotopic (exact) mass is 248 g/mol. The molecule has 1 aromatic carbocycles. The molecule has 0 amide bonds. The van der Waals surface area contributed by atoms with Crippen LogP contribution in [0.2, 0.25) is 0 Å². The molecule has 0 fully saturated rings. The Labute approximate surface area is 112 Å². The van der Waals surface area contributed by atoms with Crippen molar-refractivity contribution < 1.29 is 0 Å². The molecule has 0 saturated heterocycles. The number of hydrogen-bond acceptors (Lipinski definition) is 2. The highest BCUT2D eigenvalue weighted by Crippen LogP contribution is 2.22. The molecule has 2 heteroatoms. The van der Waals surface area contributed by atoms with Crippen molar-refractivity contribution >= 4 is 5.69 Å². The quantitative estimate of drug-likeness (QED) is 0.632. The summed E-state index contributed by atoms with van der Waals surface area (Å²) in [5.74, 6) is 0. The van der Waals surface area contributed by atoms with E-state index in [-0.39, 0.29) is 0 Å². The number of nitrogens with one attached hydrogen (secondary N) is 1. The van der Waals surface area contributed by atoms with E-state index < -0.39 is 0 Å². The van der Waals surface area contributed by atoms with Crippen LogP contribution in [-0.4, -0.2) is 13.1 Å². The Hall–Kier alpha value is -1.02. The zero-order valence-corrected chi connectivity index (χ0v) is 12.0. The molecule has 1 aliphatic rings. The topological polar surface area (TPSA) is 38.0 Å². The van der Waals surface area contributed by atoms with Gasteiger partial charge in [-0.2, -0.15) is 0 Å². The molecule has 0 saturated carbocycles. The second-order valence-corrected chi connectivity index (χ2v) is 4.99. The van der Waals surface area contributed by atoms with Crippen molar-refractivity contribution in [1.82, 2.24) is 5.32 Å². The van der Waals surface area contributed by atoms with E-state index in [9.17, 15) is 0 Å². The average Bonchev–Trinajstić information content (AvgIpc) is 2.40. The van der Waals surface area contributed by atoms with Crippen molar-refractivity contribution in [2.45, 2.75) is 52.4 Å². The Balaban J connectivity index is 0.000000203. The fourth-order valence-corrected chi connectivity index (χ4v) is 2.23. The van der Waals surface area contributed by atoms with E-state index in [1.54, 1.807) is 0 Å². The van der Waals surface area contributed by atoms with Gasteiger partial charge in [0.25, 0.3) is 0 Å². The van der Waals surface area contributed by atoms with Crippen LogP contribution in [0.1, 0.15) is 50.7 Å². The largest absolute Gasteiger partial charge is 0.399 e. The van der Waals surface area contributed by atoms with E-state index in [2.05, 4.69) is 31.3 Å². The summed E-state index contributed by atoms with van der Waals surface area (Å²) in [6.45, 7) is 6.72. The van der Waals surface area contributed by atoms with E-state index >= 15 is 0 Å². The Morgan fingerprint density at radius 3 is 2.22 bits per heavy atom. The van der Waals surface area contributed by atoms with Crippen LogP contribution in [0.4, 0.5) is 5.69 Å². The number of benzene rings is 1. The molecule has 1 aliphatic carbocycles. The van der Waals surface area contributed by atoms with Crippen molar-refractivity contribution in [2.75, 3.05) is 18.8 Å². The lowest BCUT2D eigenvalue weighted by Gasteiger charge is -2.15. The van der Waals surface area contributed by atoms with Gasteiger partial charge in [0, 0.05) is 5.69 Å². The molecule has 0 bridgehead atoms. The van der Waals surface area contributed by atoms with Crippen molar-refractivity contribution in [2.24, 2.45) is 0 Å². The summed E-state index contributed by atoms with van der Waals surface area (Å²) in [5, 5.41) is 3.28. The van der Waals surface area contributed by atoms with Crippen LogP contribution in [0.25, 0.3) is 0 Å². The second kappa shape index (κ2) is 8.98. The van der Waals surface area contributed by atoms with Gasteiger partial charge in [0.1, 0.15) is 0 Å². The molecular weight excluding hydrogens is 220 g/mol. The smallest absolute Gasteiger partial charge is 0.0316 e. The Kier molecular flexibility index (Phi) is 7.51. The molecule has 102 valence electrons. The molecule has 0 atom stereocenters. The molecular formula is C16H28N2. The van der Waals surface area contributed by atoms with Crippen LogP contribution in [0, 0.1) is 0 Å². The molecule has 0 unspecified atom stereocenters. The van der Waals surface area contributed by atoms with Gasteiger partial charge in [0.05, 0.1) is 0 Å². The minimum absolute atomic E-state index is 0.908. The number of fused-ring (bicyclic) bond motifs is 1. The SMILES string of the molecule is CCCNCCC.Nc1ccc2c(c1)CCCC2. The fraction of sp³-hybridized carbons (Fsp3) is 0.625. The lowest BCUT2D eigenvalue weighted by Crippen LogP contribution is -2.14. The number of anilines is 1. The van der Waals surface area contributed by atoms with Gasteiger partial charge in [0.2, 0.25) is 0 Å². The summed E-state index contributed by atoms with van der Waals surface area (Å²) in [5.41, 5.74) is 9.56. The van der Waals surface area contributed by atoms with Crippen molar-refractivity contribution in [3.8, 4) is 0 Å². The number of aryl methyl sites for hydroxylation is 2. The Morgan fingerprint density at radius 1 is 1.00 bits per heavy atom. The third kappa shape index (κ3) is 5.54. The first-order valence-corrected chi connectivity index (χ1v) is 7.36. The van der Waals surface area contributed by atoms with Gasteiger partial charge in [-0.05, 0) is 74.9 Å². The molecule has 18 heavy (non-hydrogen) atoms. The zero-order chi connectivity index (χ0) is 13.2. The first-order valence-electron chi connectivity index (χ1n) is 7.36.